The third kappa shape index (κ3) is 4.16. The van der Waals surface area contributed by atoms with Gasteiger partial charge in [0.25, 0.3) is 0 Å². The standard InChI is InChI=1S/C19H28N2Si/c1-5-14-20(15-6-2)19(22,18-12-10-9-11-13-18)21(16-7-3)17-8-4/h5-13H,1-4,14-17H2,22H3. The van der Waals surface area contributed by atoms with E-state index in [4.69, 9.17) is 0 Å². The van der Waals surface area contributed by atoms with E-state index in [1.165, 1.54) is 5.56 Å². The van der Waals surface area contributed by atoms with Crippen LogP contribution in [-0.4, -0.2) is 46.2 Å². The molecule has 1 aromatic rings. The Morgan fingerprint density at radius 1 is 0.773 bits per heavy atom. The topological polar surface area (TPSA) is 6.48 Å². The van der Waals surface area contributed by atoms with Gasteiger partial charge in [-0.1, -0.05) is 54.6 Å². The van der Waals surface area contributed by atoms with Crippen molar-refractivity contribution in [1.82, 2.24) is 9.80 Å². The molecule has 0 aliphatic heterocycles. The van der Waals surface area contributed by atoms with Crippen LogP contribution in [0.5, 0.6) is 0 Å². The van der Waals surface area contributed by atoms with Crippen LogP contribution in [-0.2, 0) is 5.29 Å². The van der Waals surface area contributed by atoms with E-state index in [-0.39, 0.29) is 5.29 Å². The lowest BCUT2D eigenvalue weighted by Crippen LogP contribution is -2.59. The molecule has 0 aliphatic carbocycles. The predicted molar refractivity (Wildman–Crippen MR) is 102 cm³/mol. The van der Waals surface area contributed by atoms with Gasteiger partial charge < -0.3 is 0 Å². The summed E-state index contributed by atoms with van der Waals surface area (Å²) < 4.78 is 0. The third-order valence-corrected chi connectivity index (χ3v) is 5.79. The average molecular weight is 313 g/mol. The van der Waals surface area contributed by atoms with Crippen LogP contribution in [0.4, 0.5) is 0 Å². The second-order valence-corrected chi connectivity index (χ2v) is 6.75. The van der Waals surface area contributed by atoms with Crippen molar-refractivity contribution in [1.29, 1.82) is 0 Å². The molecular formula is C19H28N2Si. The minimum absolute atomic E-state index is 0.147. The van der Waals surface area contributed by atoms with Gasteiger partial charge in [0.15, 0.2) is 0 Å². The van der Waals surface area contributed by atoms with Crippen molar-refractivity contribution in [2.75, 3.05) is 26.2 Å². The lowest BCUT2D eigenvalue weighted by molar-refractivity contribution is 0.0338. The van der Waals surface area contributed by atoms with Crippen LogP contribution in [0.2, 0.25) is 0 Å². The van der Waals surface area contributed by atoms with Gasteiger partial charge in [0.05, 0.1) is 15.5 Å². The van der Waals surface area contributed by atoms with E-state index in [2.05, 4.69) is 66.4 Å². The van der Waals surface area contributed by atoms with E-state index in [9.17, 15) is 0 Å². The Morgan fingerprint density at radius 2 is 1.14 bits per heavy atom. The molecule has 0 aromatic heterocycles. The van der Waals surface area contributed by atoms with E-state index in [1.54, 1.807) is 0 Å². The Labute approximate surface area is 138 Å². The summed E-state index contributed by atoms with van der Waals surface area (Å²) in [5.74, 6) is 0. The maximum absolute atomic E-state index is 3.92. The summed E-state index contributed by atoms with van der Waals surface area (Å²) >= 11 is 0. The smallest absolute Gasteiger partial charge is 0.0782 e. The summed E-state index contributed by atoms with van der Waals surface area (Å²) in [6.07, 6.45) is 7.83. The van der Waals surface area contributed by atoms with E-state index in [0.717, 1.165) is 36.4 Å². The van der Waals surface area contributed by atoms with E-state index in [1.807, 2.05) is 24.3 Å². The molecule has 0 N–H and O–H groups in total. The molecule has 0 bridgehead atoms. The fraction of sp³-hybridized carbons (Fsp3) is 0.263. The van der Waals surface area contributed by atoms with E-state index >= 15 is 0 Å². The van der Waals surface area contributed by atoms with Crippen LogP contribution in [0.1, 0.15) is 5.56 Å². The zero-order valence-electron chi connectivity index (χ0n) is 13.7. The number of hydrogen-bond donors (Lipinski definition) is 0. The number of rotatable bonds is 11. The largest absolute Gasteiger partial charge is 0.278 e. The minimum atomic E-state index is -0.147. The van der Waals surface area contributed by atoms with Gasteiger partial charge in [-0.25, -0.2) is 0 Å². The van der Waals surface area contributed by atoms with Gasteiger partial charge in [-0.15, -0.1) is 26.3 Å². The van der Waals surface area contributed by atoms with Gasteiger partial charge in [-0.3, -0.25) is 9.80 Å². The first-order chi connectivity index (χ1) is 10.6. The summed E-state index contributed by atoms with van der Waals surface area (Å²) in [5, 5.41) is -0.147. The van der Waals surface area contributed by atoms with Gasteiger partial charge in [0.2, 0.25) is 0 Å². The molecule has 0 atom stereocenters. The second-order valence-electron chi connectivity index (χ2n) is 5.35. The summed E-state index contributed by atoms with van der Waals surface area (Å²) in [4.78, 5) is 4.84. The molecule has 0 spiro atoms. The van der Waals surface area contributed by atoms with Crippen molar-refractivity contribution in [2.45, 2.75) is 5.29 Å². The molecule has 1 aromatic carbocycles. The molecule has 0 unspecified atom stereocenters. The fourth-order valence-electron chi connectivity index (χ4n) is 2.80. The molecular weight excluding hydrogens is 284 g/mol. The lowest BCUT2D eigenvalue weighted by atomic mass is 10.1. The Kier molecular flexibility index (Phi) is 7.81. The molecule has 0 saturated carbocycles. The minimum Gasteiger partial charge on any atom is -0.278 e. The summed E-state index contributed by atoms with van der Waals surface area (Å²) in [6, 6.07) is 10.7. The monoisotopic (exact) mass is 312 g/mol. The van der Waals surface area contributed by atoms with Crippen LogP contribution in [0.25, 0.3) is 0 Å². The molecule has 3 heteroatoms. The Hall–Kier alpha value is -1.68. The Morgan fingerprint density at radius 3 is 1.45 bits per heavy atom. The van der Waals surface area contributed by atoms with Crippen molar-refractivity contribution in [3.05, 3.63) is 86.5 Å². The quantitative estimate of drug-likeness (QED) is 0.352. The van der Waals surface area contributed by atoms with Crippen molar-refractivity contribution in [3.8, 4) is 0 Å². The van der Waals surface area contributed by atoms with Gasteiger partial charge in [-0.2, -0.15) is 0 Å². The normalized spacial score (nSPS) is 11.5. The first-order valence-electron chi connectivity index (χ1n) is 7.64. The number of nitrogens with zero attached hydrogens (tertiary/aromatic N) is 2. The third-order valence-electron chi connectivity index (χ3n) is 3.95. The molecule has 0 radical (unpaired) electrons. The summed E-state index contributed by atoms with van der Waals surface area (Å²) in [7, 11) is 0.940. The first kappa shape index (κ1) is 18.4. The van der Waals surface area contributed by atoms with Crippen molar-refractivity contribution in [2.24, 2.45) is 0 Å². The van der Waals surface area contributed by atoms with Crippen LogP contribution < -0.4 is 0 Å². The first-order valence-corrected chi connectivity index (χ1v) is 8.64. The van der Waals surface area contributed by atoms with Crippen LogP contribution in [0.15, 0.2) is 81.0 Å². The second kappa shape index (κ2) is 9.36. The fourth-order valence-corrected chi connectivity index (χ4v) is 3.87. The zero-order chi connectivity index (χ0) is 16.4. The highest BCUT2D eigenvalue weighted by atomic mass is 28.1. The van der Waals surface area contributed by atoms with Crippen molar-refractivity contribution in [3.63, 3.8) is 0 Å². The average Bonchev–Trinajstić information content (AvgIpc) is 2.54. The Balaban J connectivity index is 3.39. The summed E-state index contributed by atoms with van der Waals surface area (Å²) in [5.41, 5.74) is 1.30. The zero-order valence-corrected chi connectivity index (χ0v) is 15.7. The van der Waals surface area contributed by atoms with Gasteiger partial charge in [-0.05, 0) is 5.56 Å². The molecule has 0 saturated heterocycles. The SMILES string of the molecule is C=CCN(CC=C)C([SiH3])(c1ccccc1)N(CC=C)CC=C. The molecule has 0 fully saturated rings. The van der Waals surface area contributed by atoms with Crippen LogP contribution in [0, 0.1) is 0 Å². The van der Waals surface area contributed by atoms with Crippen molar-refractivity contribution >= 4 is 10.2 Å². The predicted octanol–water partition coefficient (Wildman–Crippen LogP) is 2.51. The number of benzene rings is 1. The lowest BCUT2D eigenvalue weighted by Gasteiger charge is -2.48. The Bertz CT molecular complexity index is 451. The molecule has 0 amide bonds. The summed E-state index contributed by atoms with van der Waals surface area (Å²) in [6.45, 7) is 18.9. The molecule has 118 valence electrons. The van der Waals surface area contributed by atoms with Gasteiger partial charge >= 0.3 is 0 Å². The van der Waals surface area contributed by atoms with E-state index < -0.39 is 0 Å². The highest BCUT2D eigenvalue weighted by molar-refractivity contribution is 6.15. The van der Waals surface area contributed by atoms with Crippen LogP contribution >= 0.6 is 0 Å². The van der Waals surface area contributed by atoms with E-state index in [0.29, 0.717) is 0 Å². The molecule has 0 heterocycles. The molecule has 22 heavy (non-hydrogen) atoms. The highest BCUT2D eigenvalue weighted by Gasteiger charge is 2.37. The molecule has 0 aliphatic rings. The number of hydrogen-bond acceptors (Lipinski definition) is 2. The van der Waals surface area contributed by atoms with Gasteiger partial charge in [0.1, 0.15) is 0 Å². The molecule has 2 nitrogen and oxygen atoms in total. The maximum atomic E-state index is 3.92. The van der Waals surface area contributed by atoms with Crippen molar-refractivity contribution < 1.29 is 0 Å². The highest BCUT2D eigenvalue weighted by Crippen LogP contribution is 2.29. The van der Waals surface area contributed by atoms with Crippen LogP contribution in [0.3, 0.4) is 0 Å². The van der Waals surface area contributed by atoms with Gasteiger partial charge in [0, 0.05) is 26.2 Å². The molecule has 1 rings (SSSR count). The maximum Gasteiger partial charge on any atom is 0.0782 e.